The molecule has 0 spiro atoms. The number of aryl methyl sites for hydroxylation is 1. The number of benzene rings is 2. The van der Waals surface area contributed by atoms with Crippen LogP contribution >= 0.6 is 35.0 Å². The van der Waals surface area contributed by atoms with E-state index in [0.29, 0.717) is 20.8 Å². The van der Waals surface area contributed by atoms with Crippen molar-refractivity contribution in [3.05, 3.63) is 75.5 Å². The van der Waals surface area contributed by atoms with Crippen LogP contribution in [0.4, 0.5) is 0 Å². The SMILES string of the molecule is Cc1ccc(CSc2nncn2/N=C/c2c(Cl)cccc2Cl)cc1. The van der Waals surface area contributed by atoms with Crippen molar-refractivity contribution in [1.29, 1.82) is 0 Å². The van der Waals surface area contributed by atoms with Crippen LogP contribution in [0.2, 0.25) is 10.0 Å². The van der Waals surface area contributed by atoms with E-state index in [9.17, 15) is 0 Å². The Morgan fingerprint density at radius 1 is 1.12 bits per heavy atom. The fraction of sp³-hybridized carbons (Fsp3) is 0.118. The van der Waals surface area contributed by atoms with Gasteiger partial charge in [0.2, 0.25) is 5.16 Å². The van der Waals surface area contributed by atoms with E-state index in [0.717, 1.165) is 5.75 Å². The first-order valence-corrected chi connectivity index (χ1v) is 8.94. The van der Waals surface area contributed by atoms with Gasteiger partial charge < -0.3 is 0 Å². The lowest BCUT2D eigenvalue weighted by Gasteiger charge is -2.03. The smallest absolute Gasteiger partial charge is 0.195 e. The standard InChI is InChI=1S/C17H14Cl2N4S/c1-12-5-7-13(8-6-12)10-24-17-22-20-11-23(17)21-9-14-15(18)3-2-4-16(14)19/h2-9,11H,10H2,1H3/b21-9+. The van der Waals surface area contributed by atoms with Crippen LogP contribution in [0.15, 0.2) is 59.0 Å². The average Bonchev–Trinajstić information content (AvgIpc) is 3.01. The second kappa shape index (κ2) is 7.83. The first kappa shape index (κ1) is 17.0. The minimum Gasteiger partial charge on any atom is -0.195 e. The molecule has 0 N–H and O–H groups in total. The molecule has 24 heavy (non-hydrogen) atoms. The molecule has 0 bridgehead atoms. The summed E-state index contributed by atoms with van der Waals surface area (Å²) in [5.41, 5.74) is 3.13. The van der Waals surface area contributed by atoms with E-state index >= 15 is 0 Å². The largest absolute Gasteiger partial charge is 0.212 e. The summed E-state index contributed by atoms with van der Waals surface area (Å²) in [6.45, 7) is 2.07. The highest BCUT2D eigenvalue weighted by Crippen LogP contribution is 2.23. The number of hydrogen-bond acceptors (Lipinski definition) is 4. The molecule has 0 saturated heterocycles. The summed E-state index contributed by atoms with van der Waals surface area (Å²) in [7, 11) is 0. The minimum atomic E-state index is 0.549. The van der Waals surface area contributed by atoms with Gasteiger partial charge in [-0.05, 0) is 24.6 Å². The monoisotopic (exact) mass is 376 g/mol. The van der Waals surface area contributed by atoms with Crippen LogP contribution in [-0.4, -0.2) is 21.1 Å². The molecular formula is C17H14Cl2N4S. The summed E-state index contributed by atoms with van der Waals surface area (Å²) < 4.78 is 1.61. The van der Waals surface area contributed by atoms with Gasteiger partial charge in [-0.1, -0.05) is 70.9 Å². The van der Waals surface area contributed by atoms with Crippen molar-refractivity contribution in [3.63, 3.8) is 0 Å². The van der Waals surface area contributed by atoms with E-state index in [4.69, 9.17) is 23.2 Å². The van der Waals surface area contributed by atoms with Crippen molar-refractivity contribution in [3.8, 4) is 0 Å². The summed E-state index contributed by atoms with van der Waals surface area (Å²) in [6.07, 6.45) is 3.17. The molecule has 0 radical (unpaired) electrons. The Bertz CT molecular complexity index is 839. The first-order valence-electron chi connectivity index (χ1n) is 7.20. The van der Waals surface area contributed by atoms with Crippen molar-refractivity contribution >= 4 is 41.2 Å². The molecule has 0 unspecified atom stereocenters. The average molecular weight is 377 g/mol. The molecule has 0 amide bonds. The fourth-order valence-electron chi connectivity index (χ4n) is 1.98. The van der Waals surface area contributed by atoms with Crippen LogP contribution in [0, 0.1) is 6.92 Å². The molecule has 1 heterocycles. The summed E-state index contributed by atoms with van der Waals surface area (Å²) in [5.74, 6) is 0.793. The van der Waals surface area contributed by atoms with Crippen molar-refractivity contribution in [2.75, 3.05) is 0 Å². The Morgan fingerprint density at radius 2 is 1.83 bits per heavy atom. The Balaban J connectivity index is 1.73. The van der Waals surface area contributed by atoms with Gasteiger partial charge in [0.15, 0.2) is 0 Å². The molecule has 0 aliphatic heterocycles. The molecule has 1 aromatic heterocycles. The van der Waals surface area contributed by atoms with Crippen molar-refractivity contribution < 1.29 is 0 Å². The van der Waals surface area contributed by atoms with E-state index in [-0.39, 0.29) is 0 Å². The molecule has 2 aromatic carbocycles. The number of thioether (sulfide) groups is 1. The zero-order valence-corrected chi connectivity index (χ0v) is 15.2. The molecule has 0 saturated carbocycles. The van der Waals surface area contributed by atoms with Gasteiger partial charge in [-0.3, -0.25) is 0 Å². The molecule has 4 nitrogen and oxygen atoms in total. The minimum absolute atomic E-state index is 0.549. The zero-order chi connectivity index (χ0) is 16.9. The number of halogens is 2. The van der Waals surface area contributed by atoms with Gasteiger partial charge in [0.05, 0.1) is 16.3 Å². The third-order valence-corrected chi connectivity index (χ3v) is 4.96. The third kappa shape index (κ3) is 4.17. The highest BCUT2D eigenvalue weighted by molar-refractivity contribution is 7.98. The molecule has 3 rings (SSSR count). The highest BCUT2D eigenvalue weighted by atomic mass is 35.5. The molecule has 7 heteroatoms. The fourth-order valence-corrected chi connectivity index (χ4v) is 3.29. The molecule has 0 atom stereocenters. The van der Waals surface area contributed by atoms with E-state index in [1.807, 2.05) is 0 Å². The van der Waals surface area contributed by atoms with E-state index in [2.05, 4.69) is 46.5 Å². The van der Waals surface area contributed by atoms with Gasteiger partial charge in [0.25, 0.3) is 0 Å². The summed E-state index contributed by atoms with van der Waals surface area (Å²) in [4.78, 5) is 0. The molecular weight excluding hydrogens is 363 g/mol. The van der Waals surface area contributed by atoms with Crippen LogP contribution in [0.25, 0.3) is 0 Å². The van der Waals surface area contributed by atoms with Crippen LogP contribution < -0.4 is 0 Å². The van der Waals surface area contributed by atoms with Gasteiger partial charge in [-0.15, -0.1) is 10.2 Å². The van der Waals surface area contributed by atoms with Crippen LogP contribution in [0.5, 0.6) is 0 Å². The predicted molar refractivity (Wildman–Crippen MR) is 100 cm³/mol. The van der Waals surface area contributed by atoms with Gasteiger partial charge in [-0.2, -0.15) is 9.78 Å². The maximum absolute atomic E-state index is 6.14. The van der Waals surface area contributed by atoms with Gasteiger partial charge in [0.1, 0.15) is 6.33 Å². The Kier molecular flexibility index (Phi) is 5.56. The third-order valence-electron chi connectivity index (χ3n) is 3.30. The molecule has 0 aliphatic rings. The Hall–Kier alpha value is -1.82. The quantitative estimate of drug-likeness (QED) is 0.461. The van der Waals surface area contributed by atoms with Gasteiger partial charge >= 0.3 is 0 Å². The van der Waals surface area contributed by atoms with Gasteiger partial charge in [-0.25, -0.2) is 0 Å². The Morgan fingerprint density at radius 3 is 2.54 bits per heavy atom. The van der Waals surface area contributed by atoms with Crippen LogP contribution in [0.3, 0.4) is 0 Å². The lowest BCUT2D eigenvalue weighted by molar-refractivity contribution is 0.767. The van der Waals surface area contributed by atoms with E-state index in [1.165, 1.54) is 11.1 Å². The second-order valence-electron chi connectivity index (χ2n) is 5.11. The Labute approximate surface area is 154 Å². The highest BCUT2D eigenvalue weighted by Gasteiger charge is 2.06. The van der Waals surface area contributed by atoms with E-state index in [1.54, 1.807) is 47.2 Å². The number of hydrogen-bond donors (Lipinski definition) is 0. The van der Waals surface area contributed by atoms with Gasteiger partial charge in [0, 0.05) is 11.3 Å². The lowest BCUT2D eigenvalue weighted by Crippen LogP contribution is -1.94. The summed E-state index contributed by atoms with van der Waals surface area (Å²) >= 11 is 13.8. The van der Waals surface area contributed by atoms with Crippen LogP contribution in [-0.2, 0) is 5.75 Å². The second-order valence-corrected chi connectivity index (χ2v) is 6.87. The summed E-state index contributed by atoms with van der Waals surface area (Å²) in [6, 6.07) is 13.7. The molecule has 122 valence electrons. The normalized spacial score (nSPS) is 11.3. The lowest BCUT2D eigenvalue weighted by atomic mass is 10.2. The maximum atomic E-state index is 6.14. The number of rotatable bonds is 5. The van der Waals surface area contributed by atoms with Crippen LogP contribution in [0.1, 0.15) is 16.7 Å². The van der Waals surface area contributed by atoms with Crippen molar-refractivity contribution in [1.82, 2.24) is 14.9 Å². The molecule has 0 aliphatic carbocycles. The number of aromatic nitrogens is 3. The first-order chi connectivity index (χ1) is 11.6. The topological polar surface area (TPSA) is 43.1 Å². The molecule has 3 aromatic rings. The van der Waals surface area contributed by atoms with Crippen molar-refractivity contribution in [2.45, 2.75) is 17.8 Å². The predicted octanol–water partition coefficient (Wildman–Crippen LogP) is 5.07. The maximum Gasteiger partial charge on any atom is 0.212 e. The number of nitrogens with zero attached hydrogens (tertiary/aromatic N) is 4. The van der Waals surface area contributed by atoms with Crippen molar-refractivity contribution in [2.24, 2.45) is 5.10 Å². The zero-order valence-electron chi connectivity index (χ0n) is 12.9. The van der Waals surface area contributed by atoms with E-state index < -0.39 is 0 Å². The summed E-state index contributed by atoms with van der Waals surface area (Å²) in [5, 5.41) is 14.2. The molecule has 0 fully saturated rings.